The minimum absolute atomic E-state index is 0.847. The molecule has 26 heavy (non-hydrogen) atoms. The van der Waals surface area contributed by atoms with Crippen molar-refractivity contribution in [3.8, 4) is 22.4 Å². The van der Waals surface area contributed by atoms with E-state index >= 15 is 0 Å². The molecule has 0 bridgehead atoms. The highest BCUT2D eigenvalue weighted by Crippen LogP contribution is 2.38. The number of hydrogen-bond donors (Lipinski definition) is 0. The molecule has 0 radical (unpaired) electrons. The monoisotopic (exact) mass is 335 g/mol. The van der Waals surface area contributed by atoms with Gasteiger partial charge >= 0.3 is 0 Å². The van der Waals surface area contributed by atoms with Gasteiger partial charge in [-0.15, -0.1) is 0 Å². The van der Waals surface area contributed by atoms with E-state index in [1.165, 1.54) is 11.1 Å². The number of fused-ring (bicyclic) bond motifs is 3. The Hall–Kier alpha value is -3.39. The summed E-state index contributed by atoms with van der Waals surface area (Å²) in [5, 5.41) is 1.05. The van der Waals surface area contributed by atoms with Crippen LogP contribution in [0.4, 0.5) is 0 Å². The van der Waals surface area contributed by atoms with E-state index in [4.69, 9.17) is 9.40 Å². The maximum Gasteiger partial charge on any atom is 0.161 e. The summed E-state index contributed by atoms with van der Waals surface area (Å²) in [4.78, 5) is 4.96. The van der Waals surface area contributed by atoms with Gasteiger partial charge in [-0.2, -0.15) is 0 Å². The molecule has 0 saturated carbocycles. The molecule has 124 valence electrons. The zero-order valence-electron chi connectivity index (χ0n) is 14.4. The van der Waals surface area contributed by atoms with Crippen molar-refractivity contribution in [3.05, 3.63) is 90.5 Å². The van der Waals surface area contributed by atoms with Crippen LogP contribution in [-0.4, -0.2) is 4.98 Å². The van der Waals surface area contributed by atoms with Crippen molar-refractivity contribution in [1.82, 2.24) is 4.98 Å². The molecule has 2 heteroatoms. The van der Waals surface area contributed by atoms with Gasteiger partial charge < -0.3 is 4.42 Å². The number of benzene rings is 3. The number of aromatic nitrogens is 1. The summed E-state index contributed by atoms with van der Waals surface area (Å²) in [6.45, 7) is 2.13. The fourth-order valence-corrected chi connectivity index (χ4v) is 3.51. The second-order valence-electron chi connectivity index (χ2n) is 6.51. The molecule has 2 nitrogen and oxygen atoms in total. The molecule has 2 aromatic heterocycles. The van der Waals surface area contributed by atoms with Gasteiger partial charge in [-0.05, 0) is 36.2 Å². The molecule has 0 atom stereocenters. The number of rotatable bonds is 2. The Labute approximate surface area is 151 Å². The molecule has 0 aliphatic carbocycles. The topological polar surface area (TPSA) is 26.0 Å². The Morgan fingerprint density at radius 3 is 2.31 bits per heavy atom. The molecular formula is C24H17NO. The fourth-order valence-electron chi connectivity index (χ4n) is 3.51. The molecule has 0 aliphatic rings. The van der Waals surface area contributed by atoms with Crippen LogP contribution in [0, 0.1) is 6.92 Å². The van der Waals surface area contributed by atoms with E-state index in [0.717, 1.165) is 38.9 Å². The third-order valence-corrected chi connectivity index (χ3v) is 4.83. The summed E-state index contributed by atoms with van der Waals surface area (Å²) in [7, 11) is 0. The molecule has 0 aliphatic heterocycles. The van der Waals surface area contributed by atoms with Crippen LogP contribution < -0.4 is 0 Å². The quantitative estimate of drug-likeness (QED) is 0.362. The van der Waals surface area contributed by atoms with Crippen LogP contribution in [0.5, 0.6) is 0 Å². The second-order valence-corrected chi connectivity index (χ2v) is 6.51. The minimum Gasteiger partial charge on any atom is -0.454 e. The minimum atomic E-state index is 0.847. The highest BCUT2D eigenvalue weighted by Gasteiger charge is 2.17. The van der Waals surface area contributed by atoms with Gasteiger partial charge in [-0.1, -0.05) is 66.7 Å². The van der Waals surface area contributed by atoms with Crippen molar-refractivity contribution in [1.29, 1.82) is 0 Å². The first-order chi connectivity index (χ1) is 12.8. The van der Waals surface area contributed by atoms with Crippen LogP contribution in [0.25, 0.3) is 44.5 Å². The fraction of sp³-hybridized carbons (Fsp3) is 0.0417. The van der Waals surface area contributed by atoms with Gasteiger partial charge in [0.25, 0.3) is 0 Å². The molecule has 0 N–H and O–H groups in total. The Morgan fingerprint density at radius 2 is 1.46 bits per heavy atom. The summed E-state index contributed by atoms with van der Waals surface area (Å²) in [6, 6.07) is 29.0. The highest BCUT2D eigenvalue weighted by atomic mass is 16.3. The number of pyridine rings is 1. The number of furan rings is 1. The van der Waals surface area contributed by atoms with Crippen molar-refractivity contribution in [2.45, 2.75) is 6.92 Å². The standard InChI is InChI=1S/C24H17NO/c1-16-9-5-6-12-18(16)20-15-21(17-10-3-2-4-11-17)25-23-19-13-7-8-14-22(19)26-24(20)23/h2-15H,1H3. The van der Waals surface area contributed by atoms with E-state index in [1.54, 1.807) is 0 Å². The Bertz CT molecular complexity index is 1240. The van der Waals surface area contributed by atoms with Crippen molar-refractivity contribution in [3.63, 3.8) is 0 Å². The number of aryl methyl sites for hydroxylation is 1. The van der Waals surface area contributed by atoms with Gasteiger partial charge in [0.15, 0.2) is 5.58 Å². The van der Waals surface area contributed by atoms with Crippen LogP contribution in [0.3, 0.4) is 0 Å². The summed E-state index contributed by atoms with van der Waals surface area (Å²) >= 11 is 0. The first kappa shape index (κ1) is 14.9. The van der Waals surface area contributed by atoms with Crippen LogP contribution in [0.1, 0.15) is 5.56 Å². The molecular weight excluding hydrogens is 318 g/mol. The third kappa shape index (κ3) is 2.31. The Morgan fingerprint density at radius 1 is 0.731 bits per heavy atom. The van der Waals surface area contributed by atoms with Crippen molar-refractivity contribution < 1.29 is 4.42 Å². The smallest absolute Gasteiger partial charge is 0.161 e. The van der Waals surface area contributed by atoms with Gasteiger partial charge in [-0.3, -0.25) is 0 Å². The summed E-state index contributed by atoms with van der Waals surface area (Å²) in [6.07, 6.45) is 0. The van der Waals surface area contributed by atoms with Gasteiger partial charge in [0.1, 0.15) is 11.1 Å². The van der Waals surface area contributed by atoms with Crippen LogP contribution >= 0.6 is 0 Å². The first-order valence-corrected chi connectivity index (χ1v) is 8.75. The molecule has 2 heterocycles. The molecule has 0 amide bonds. The van der Waals surface area contributed by atoms with E-state index < -0.39 is 0 Å². The predicted octanol–water partition coefficient (Wildman–Crippen LogP) is 6.62. The van der Waals surface area contributed by atoms with Gasteiger partial charge in [0, 0.05) is 16.5 Å². The van der Waals surface area contributed by atoms with Gasteiger partial charge in [0.2, 0.25) is 0 Å². The maximum atomic E-state index is 6.22. The Balaban J connectivity index is 1.92. The SMILES string of the molecule is Cc1ccccc1-c1cc(-c2ccccc2)nc2c1oc1ccccc12. The molecule has 0 fully saturated rings. The lowest BCUT2D eigenvalue weighted by molar-refractivity contribution is 0.669. The number of nitrogens with zero attached hydrogens (tertiary/aromatic N) is 1. The van der Waals surface area contributed by atoms with E-state index in [0.29, 0.717) is 0 Å². The average Bonchev–Trinajstić information content (AvgIpc) is 3.07. The lowest BCUT2D eigenvalue weighted by atomic mass is 9.98. The lowest BCUT2D eigenvalue weighted by Crippen LogP contribution is -1.89. The van der Waals surface area contributed by atoms with Crippen LogP contribution in [0.2, 0.25) is 0 Å². The maximum absolute atomic E-state index is 6.22. The van der Waals surface area contributed by atoms with Crippen LogP contribution in [-0.2, 0) is 0 Å². The van der Waals surface area contributed by atoms with E-state index in [9.17, 15) is 0 Å². The number of hydrogen-bond acceptors (Lipinski definition) is 2. The molecule has 5 aromatic rings. The summed E-state index contributed by atoms with van der Waals surface area (Å²) in [5.74, 6) is 0. The zero-order chi connectivity index (χ0) is 17.5. The average molecular weight is 335 g/mol. The van der Waals surface area contributed by atoms with Crippen molar-refractivity contribution in [2.75, 3.05) is 0 Å². The second kappa shape index (κ2) is 5.85. The van der Waals surface area contributed by atoms with E-state index in [2.05, 4.69) is 55.5 Å². The molecule has 0 spiro atoms. The summed E-state index contributed by atoms with van der Waals surface area (Å²) in [5.41, 5.74) is 8.19. The molecule has 0 unspecified atom stereocenters. The highest BCUT2D eigenvalue weighted by molar-refractivity contribution is 6.08. The summed E-state index contributed by atoms with van der Waals surface area (Å²) < 4.78 is 6.22. The molecule has 0 saturated heterocycles. The third-order valence-electron chi connectivity index (χ3n) is 4.83. The lowest BCUT2D eigenvalue weighted by Gasteiger charge is -2.09. The largest absolute Gasteiger partial charge is 0.454 e. The predicted molar refractivity (Wildman–Crippen MR) is 107 cm³/mol. The molecule has 3 aromatic carbocycles. The van der Waals surface area contributed by atoms with E-state index in [-0.39, 0.29) is 0 Å². The van der Waals surface area contributed by atoms with E-state index in [1.807, 2.05) is 36.4 Å². The molecule has 5 rings (SSSR count). The van der Waals surface area contributed by atoms with Gasteiger partial charge in [0.05, 0.1) is 5.69 Å². The van der Waals surface area contributed by atoms with Gasteiger partial charge in [-0.25, -0.2) is 4.98 Å². The normalized spacial score (nSPS) is 11.3. The Kier molecular flexibility index (Phi) is 3.36. The number of para-hydroxylation sites is 1. The van der Waals surface area contributed by atoms with Crippen LogP contribution in [0.15, 0.2) is 89.3 Å². The van der Waals surface area contributed by atoms with Crippen molar-refractivity contribution >= 4 is 22.1 Å². The van der Waals surface area contributed by atoms with Crippen molar-refractivity contribution in [2.24, 2.45) is 0 Å². The first-order valence-electron chi connectivity index (χ1n) is 8.75. The zero-order valence-corrected chi connectivity index (χ0v) is 14.4.